The zero-order valence-corrected chi connectivity index (χ0v) is 12.4. The van der Waals surface area contributed by atoms with Crippen LogP contribution in [-0.2, 0) is 0 Å². The first-order valence-electron chi connectivity index (χ1n) is 7.11. The summed E-state index contributed by atoms with van der Waals surface area (Å²) in [4.78, 5) is 12.3. The molecule has 1 aliphatic rings. The summed E-state index contributed by atoms with van der Waals surface area (Å²) < 4.78 is 1.96. The Labute approximate surface area is 128 Å². The molecule has 0 saturated heterocycles. The van der Waals surface area contributed by atoms with Crippen LogP contribution in [-0.4, -0.2) is 17.0 Å². The molecule has 0 radical (unpaired) electrons. The van der Waals surface area contributed by atoms with Crippen LogP contribution < -0.4 is 11.1 Å². The monoisotopic (exact) mass is 303 g/mol. The van der Waals surface area contributed by atoms with Gasteiger partial charge in [0.2, 0.25) is 0 Å². The third-order valence-electron chi connectivity index (χ3n) is 3.70. The molecule has 1 saturated carbocycles. The quantitative estimate of drug-likeness (QED) is 0.892. The number of carbonyl (C=O) groups is 1. The SMILES string of the molecule is NC(CNC(=O)c1cc(Cl)cn1C1CC1)c1ccccc1. The Morgan fingerprint density at radius 3 is 2.76 bits per heavy atom. The van der Waals surface area contributed by atoms with Gasteiger partial charge < -0.3 is 15.6 Å². The van der Waals surface area contributed by atoms with Gasteiger partial charge in [-0.1, -0.05) is 41.9 Å². The Kier molecular flexibility index (Phi) is 3.99. The maximum atomic E-state index is 12.3. The molecule has 0 aliphatic heterocycles. The van der Waals surface area contributed by atoms with Crippen molar-refractivity contribution >= 4 is 17.5 Å². The molecule has 5 heteroatoms. The molecular weight excluding hydrogens is 286 g/mol. The Morgan fingerprint density at radius 1 is 1.38 bits per heavy atom. The highest BCUT2D eigenvalue weighted by atomic mass is 35.5. The van der Waals surface area contributed by atoms with Gasteiger partial charge in [-0.15, -0.1) is 0 Å². The lowest BCUT2D eigenvalue weighted by molar-refractivity contribution is 0.0941. The summed E-state index contributed by atoms with van der Waals surface area (Å²) >= 11 is 6.01. The van der Waals surface area contributed by atoms with E-state index in [1.54, 1.807) is 6.07 Å². The van der Waals surface area contributed by atoms with Crippen LogP contribution >= 0.6 is 11.6 Å². The largest absolute Gasteiger partial charge is 0.349 e. The molecule has 3 rings (SSSR count). The second kappa shape index (κ2) is 5.92. The van der Waals surface area contributed by atoms with Crippen LogP contribution in [0.3, 0.4) is 0 Å². The number of hydrogen-bond acceptors (Lipinski definition) is 2. The van der Waals surface area contributed by atoms with Crippen LogP contribution in [0.4, 0.5) is 0 Å². The van der Waals surface area contributed by atoms with E-state index >= 15 is 0 Å². The standard InChI is InChI=1S/C16H18ClN3O/c17-12-8-15(20(10-12)13-6-7-13)16(21)19-9-14(18)11-4-2-1-3-5-11/h1-5,8,10,13-14H,6-7,9,18H2,(H,19,21). The number of nitrogens with two attached hydrogens (primary N) is 1. The number of carbonyl (C=O) groups excluding carboxylic acids is 1. The van der Waals surface area contributed by atoms with E-state index in [0.717, 1.165) is 18.4 Å². The van der Waals surface area contributed by atoms with E-state index in [4.69, 9.17) is 17.3 Å². The summed E-state index contributed by atoms with van der Waals surface area (Å²) in [5.74, 6) is -0.125. The topological polar surface area (TPSA) is 60.0 Å². The average molecular weight is 304 g/mol. The Morgan fingerprint density at radius 2 is 2.10 bits per heavy atom. The number of benzene rings is 1. The first-order valence-corrected chi connectivity index (χ1v) is 7.49. The maximum Gasteiger partial charge on any atom is 0.268 e. The summed E-state index contributed by atoms with van der Waals surface area (Å²) in [6.07, 6.45) is 4.04. The molecule has 1 heterocycles. The zero-order valence-electron chi connectivity index (χ0n) is 11.6. The molecule has 110 valence electrons. The Balaban J connectivity index is 1.64. The number of halogens is 1. The molecule has 1 amide bonds. The molecule has 4 nitrogen and oxygen atoms in total. The highest BCUT2D eigenvalue weighted by Crippen LogP contribution is 2.37. The Bertz CT molecular complexity index is 634. The predicted octanol–water partition coefficient (Wildman–Crippen LogP) is 2.91. The van der Waals surface area contributed by atoms with Gasteiger partial charge in [-0.3, -0.25) is 4.79 Å². The van der Waals surface area contributed by atoms with Crippen molar-refractivity contribution in [1.29, 1.82) is 0 Å². The minimum atomic E-state index is -0.213. The van der Waals surface area contributed by atoms with Gasteiger partial charge in [-0.2, -0.15) is 0 Å². The van der Waals surface area contributed by atoms with Crippen molar-refractivity contribution in [2.24, 2.45) is 5.73 Å². The van der Waals surface area contributed by atoms with Crippen molar-refractivity contribution < 1.29 is 4.79 Å². The number of rotatable bonds is 5. The molecule has 0 bridgehead atoms. The van der Waals surface area contributed by atoms with Gasteiger partial charge in [0.25, 0.3) is 5.91 Å². The fraction of sp³-hybridized carbons (Fsp3) is 0.312. The number of nitrogens with zero attached hydrogens (tertiary/aromatic N) is 1. The fourth-order valence-corrected chi connectivity index (χ4v) is 2.60. The van der Waals surface area contributed by atoms with Gasteiger partial charge in [0.1, 0.15) is 5.69 Å². The van der Waals surface area contributed by atoms with Gasteiger partial charge in [-0.25, -0.2) is 0 Å². The van der Waals surface area contributed by atoms with Crippen LogP contribution in [0.25, 0.3) is 0 Å². The van der Waals surface area contributed by atoms with E-state index in [9.17, 15) is 4.79 Å². The van der Waals surface area contributed by atoms with Crippen LogP contribution in [0.2, 0.25) is 5.02 Å². The lowest BCUT2D eigenvalue weighted by Gasteiger charge is -2.14. The zero-order chi connectivity index (χ0) is 14.8. The molecule has 1 aliphatic carbocycles. The van der Waals surface area contributed by atoms with Crippen LogP contribution in [0.1, 0.15) is 41.0 Å². The van der Waals surface area contributed by atoms with E-state index in [1.165, 1.54) is 0 Å². The van der Waals surface area contributed by atoms with Crippen molar-refractivity contribution in [1.82, 2.24) is 9.88 Å². The van der Waals surface area contributed by atoms with E-state index < -0.39 is 0 Å². The van der Waals surface area contributed by atoms with E-state index in [0.29, 0.717) is 23.3 Å². The first kappa shape index (κ1) is 14.2. The van der Waals surface area contributed by atoms with Gasteiger partial charge in [0.15, 0.2) is 0 Å². The van der Waals surface area contributed by atoms with Crippen LogP contribution in [0.15, 0.2) is 42.6 Å². The molecule has 1 aromatic carbocycles. The highest BCUT2D eigenvalue weighted by molar-refractivity contribution is 6.31. The van der Waals surface area contributed by atoms with E-state index in [2.05, 4.69) is 5.32 Å². The number of aromatic nitrogens is 1. The van der Waals surface area contributed by atoms with Crippen molar-refractivity contribution in [2.45, 2.75) is 24.9 Å². The second-order valence-electron chi connectivity index (χ2n) is 5.41. The normalized spacial score (nSPS) is 15.7. The molecule has 21 heavy (non-hydrogen) atoms. The smallest absolute Gasteiger partial charge is 0.268 e. The summed E-state index contributed by atoms with van der Waals surface area (Å²) in [7, 11) is 0. The first-order chi connectivity index (χ1) is 10.1. The molecule has 1 atom stereocenters. The fourth-order valence-electron chi connectivity index (χ4n) is 2.39. The molecule has 3 N–H and O–H groups in total. The summed E-state index contributed by atoms with van der Waals surface area (Å²) in [6, 6.07) is 11.7. The molecule has 1 fully saturated rings. The highest BCUT2D eigenvalue weighted by Gasteiger charge is 2.27. The minimum absolute atomic E-state index is 0.125. The number of nitrogens with one attached hydrogen (secondary N) is 1. The number of amides is 1. The third kappa shape index (κ3) is 3.28. The van der Waals surface area contributed by atoms with Gasteiger partial charge in [0.05, 0.1) is 5.02 Å². The number of hydrogen-bond donors (Lipinski definition) is 2. The predicted molar refractivity (Wildman–Crippen MR) is 83.4 cm³/mol. The van der Waals surface area contributed by atoms with Gasteiger partial charge in [0, 0.05) is 24.8 Å². The maximum absolute atomic E-state index is 12.3. The van der Waals surface area contributed by atoms with Crippen molar-refractivity contribution in [3.8, 4) is 0 Å². The lowest BCUT2D eigenvalue weighted by Crippen LogP contribution is -2.33. The van der Waals surface area contributed by atoms with Crippen molar-refractivity contribution in [3.63, 3.8) is 0 Å². The third-order valence-corrected chi connectivity index (χ3v) is 3.91. The second-order valence-corrected chi connectivity index (χ2v) is 5.85. The summed E-state index contributed by atoms with van der Waals surface area (Å²) in [6.45, 7) is 0.399. The molecular formula is C16H18ClN3O. The molecule has 0 spiro atoms. The Hall–Kier alpha value is -1.78. The lowest BCUT2D eigenvalue weighted by atomic mass is 10.1. The van der Waals surface area contributed by atoms with E-state index in [-0.39, 0.29) is 11.9 Å². The van der Waals surface area contributed by atoms with Gasteiger partial charge >= 0.3 is 0 Å². The van der Waals surface area contributed by atoms with Crippen LogP contribution in [0.5, 0.6) is 0 Å². The van der Waals surface area contributed by atoms with Crippen LogP contribution in [0, 0.1) is 0 Å². The van der Waals surface area contributed by atoms with Crippen molar-refractivity contribution in [3.05, 3.63) is 58.9 Å². The summed E-state index contributed by atoms with van der Waals surface area (Å²) in [5.41, 5.74) is 7.71. The molecule has 1 unspecified atom stereocenters. The summed E-state index contributed by atoms with van der Waals surface area (Å²) in [5, 5.41) is 3.49. The molecule has 1 aromatic heterocycles. The van der Waals surface area contributed by atoms with E-state index in [1.807, 2.05) is 41.1 Å². The molecule has 2 aromatic rings. The van der Waals surface area contributed by atoms with Crippen molar-refractivity contribution in [2.75, 3.05) is 6.54 Å². The van der Waals surface area contributed by atoms with Gasteiger partial charge in [-0.05, 0) is 24.5 Å². The minimum Gasteiger partial charge on any atom is -0.349 e. The average Bonchev–Trinajstić information content (AvgIpc) is 3.27.